The first-order valence-electron chi connectivity index (χ1n) is 11.4. The van der Waals surface area contributed by atoms with Gasteiger partial charge in [-0.25, -0.2) is 4.39 Å². The molecule has 1 aromatic heterocycles. The molecule has 1 N–H and O–H groups in total. The molecule has 180 valence electrons. The number of rotatable bonds is 7. The fraction of sp³-hybridized carbons (Fsp3) is 0.565. The van der Waals surface area contributed by atoms with Gasteiger partial charge in [0.25, 0.3) is 0 Å². The summed E-state index contributed by atoms with van der Waals surface area (Å²) in [5.74, 6) is 0.558. The van der Waals surface area contributed by atoms with E-state index < -0.39 is 16.5 Å². The summed E-state index contributed by atoms with van der Waals surface area (Å²) in [6.45, 7) is 2.75. The predicted molar refractivity (Wildman–Crippen MR) is 121 cm³/mol. The van der Waals surface area contributed by atoms with Crippen molar-refractivity contribution in [2.45, 2.75) is 63.1 Å². The Kier molecular flexibility index (Phi) is 7.55. The van der Waals surface area contributed by atoms with Gasteiger partial charge in [-0.2, -0.15) is 18.2 Å². The van der Waals surface area contributed by atoms with Crippen molar-refractivity contribution in [1.29, 1.82) is 0 Å². The van der Waals surface area contributed by atoms with Crippen LogP contribution in [0.4, 0.5) is 14.1 Å². The lowest BCUT2D eigenvalue weighted by Crippen LogP contribution is -2.55. The Hall–Kier alpha value is -2.17. The number of anilines is 1. The normalized spacial score (nSPS) is 28.6. The molecule has 0 spiro atoms. The van der Waals surface area contributed by atoms with E-state index in [9.17, 15) is 16.7 Å². The standard InChI is InChI=1S/C23H30F2N4O3S/c1-16-12-22(28-33(25,30)31)19(14-29(16)23-6-3-11-26-27-23)15-32-21-9-7-17(8-10-21)18-4-2-5-20(24)13-18/h2-6,11,13,16-17,19,21-22,28H,7-10,12,14-15H2,1H3/t16-,17?,19?,21?,22?/m1/s1. The van der Waals surface area contributed by atoms with E-state index >= 15 is 0 Å². The third kappa shape index (κ3) is 6.45. The molecule has 1 saturated carbocycles. The Morgan fingerprint density at radius 2 is 1.97 bits per heavy atom. The first kappa shape index (κ1) is 24.0. The van der Waals surface area contributed by atoms with Crippen molar-refractivity contribution >= 4 is 16.2 Å². The van der Waals surface area contributed by atoms with E-state index in [1.54, 1.807) is 24.4 Å². The Morgan fingerprint density at radius 1 is 1.18 bits per heavy atom. The molecule has 2 aromatic rings. The zero-order chi connectivity index (χ0) is 23.4. The first-order valence-corrected chi connectivity index (χ1v) is 12.8. The number of benzene rings is 1. The summed E-state index contributed by atoms with van der Waals surface area (Å²) >= 11 is 0. The minimum Gasteiger partial charge on any atom is -0.378 e. The van der Waals surface area contributed by atoms with Gasteiger partial charge in [-0.1, -0.05) is 16.0 Å². The summed E-state index contributed by atoms with van der Waals surface area (Å²) in [6, 6.07) is 9.81. The maximum atomic E-state index is 13.5. The SMILES string of the molecule is C[C@@H]1CC(NS(=O)(=O)F)C(COC2CCC(c3cccc(F)c3)CC2)CN1c1cccnn1. The summed E-state index contributed by atoms with van der Waals surface area (Å²) in [5.41, 5.74) is 1.02. The van der Waals surface area contributed by atoms with Crippen LogP contribution in [0.3, 0.4) is 0 Å². The molecule has 1 saturated heterocycles. The van der Waals surface area contributed by atoms with Crippen LogP contribution in [0.5, 0.6) is 0 Å². The molecule has 2 heterocycles. The van der Waals surface area contributed by atoms with E-state index in [0.717, 1.165) is 31.2 Å². The van der Waals surface area contributed by atoms with E-state index in [1.807, 2.05) is 19.1 Å². The van der Waals surface area contributed by atoms with Gasteiger partial charge in [-0.3, -0.25) is 0 Å². The fourth-order valence-electron chi connectivity index (χ4n) is 5.09. The van der Waals surface area contributed by atoms with Gasteiger partial charge in [0.15, 0.2) is 5.82 Å². The number of aromatic nitrogens is 2. The quantitative estimate of drug-likeness (QED) is 0.608. The molecule has 3 atom stereocenters. The zero-order valence-electron chi connectivity index (χ0n) is 18.6. The van der Waals surface area contributed by atoms with Crippen LogP contribution in [0.1, 0.15) is 50.5 Å². The average Bonchev–Trinajstić information content (AvgIpc) is 2.78. The van der Waals surface area contributed by atoms with Crippen LogP contribution in [0.25, 0.3) is 0 Å². The second-order valence-electron chi connectivity index (χ2n) is 9.10. The fourth-order valence-corrected chi connectivity index (χ4v) is 5.74. The van der Waals surface area contributed by atoms with E-state index in [-0.39, 0.29) is 23.9 Å². The van der Waals surface area contributed by atoms with E-state index in [1.165, 1.54) is 6.07 Å². The molecule has 1 aromatic carbocycles. The molecular weight excluding hydrogens is 450 g/mol. The molecule has 10 heteroatoms. The minimum atomic E-state index is -4.83. The summed E-state index contributed by atoms with van der Waals surface area (Å²) in [4.78, 5) is 2.06. The van der Waals surface area contributed by atoms with Crippen molar-refractivity contribution in [2.24, 2.45) is 5.92 Å². The predicted octanol–water partition coefficient (Wildman–Crippen LogP) is 3.75. The molecule has 1 aliphatic heterocycles. The molecule has 0 radical (unpaired) electrons. The second kappa shape index (κ2) is 10.4. The van der Waals surface area contributed by atoms with Gasteiger partial charge >= 0.3 is 10.4 Å². The highest BCUT2D eigenvalue weighted by Gasteiger charge is 2.37. The molecule has 0 amide bonds. The maximum Gasteiger partial charge on any atom is 0.372 e. The van der Waals surface area contributed by atoms with Gasteiger partial charge in [0.05, 0.1) is 12.7 Å². The highest BCUT2D eigenvalue weighted by molar-refractivity contribution is 7.84. The van der Waals surface area contributed by atoms with Gasteiger partial charge in [0, 0.05) is 30.7 Å². The molecule has 0 bridgehead atoms. The van der Waals surface area contributed by atoms with Gasteiger partial charge in [-0.15, -0.1) is 5.10 Å². The van der Waals surface area contributed by atoms with Gasteiger partial charge < -0.3 is 9.64 Å². The number of nitrogens with zero attached hydrogens (tertiary/aromatic N) is 3. The number of ether oxygens (including phenoxy) is 1. The highest BCUT2D eigenvalue weighted by Crippen LogP contribution is 2.35. The lowest BCUT2D eigenvalue weighted by molar-refractivity contribution is -0.00368. The Bertz CT molecular complexity index is 1020. The first-order chi connectivity index (χ1) is 15.8. The molecular formula is C23H30F2N4O3S. The Balaban J connectivity index is 1.37. The Morgan fingerprint density at radius 3 is 2.64 bits per heavy atom. The monoisotopic (exact) mass is 480 g/mol. The largest absolute Gasteiger partial charge is 0.378 e. The molecule has 2 fully saturated rings. The summed E-state index contributed by atoms with van der Waals surface area (Å²) in [5, 5.41) is 8.11. The van der Waals surface area contributed by atoms with Crippen molar-refractivity contribution in [3.05, 3.63) is 54.0 Å². The highest BCUT2D eigenvalue weighted by atomic mass is 32.3. The van der Waals surface area contributed by atoms with E-state index in [2.05, 4.69) is 19.8 Å². The van der Waals surface area contributed by atoms with Crippen molar-refractivity contribution in [1.82, 2.24) is 14.9 Å². The number of nitrogens with one attached hydrogen (secondary N) is 1. The Labute approximate surface area is 193 Å². The van der Waals surface area contributed by atoms with Crippen molar-refractivity contribution < 1.29 is 21.4 Å². The number of hydrogen-bond acceptors (Lipinski definition) is 6. The summed E-state index contributed by atoms with van der Waals surface area (Å²) in [7, 11) is -4.83. The number of halogens is 2. The molecule has 33 heavy (non-hydrogen) atoms. The van der Waals surface area contributed by atoms with Crippen molar-refractivity contribution in [3.63, 3.8) is 0 Å². The summed E-state index contributed by atoms with van der Waals surface area (Å²) < 4.78 is 58.0. The van der Waals surface area contributed by atoms with E-state index in [0.29, 0.717) is 31.3 Å². The molecule has 2 aliphatic rings. The van der Waals surface area contributed by atoms with Crippen LogP contribution in [0.2, 0.25) is 0 Å². The number of piperidine rings is 1. The van der Waals surface area contributed by atoms with Crippen LogP contribution < -0.4 is 9.62 Å². The topological polar surface area (TPSA) is 84.4 Å². The molecule has 4 rings (SSSR count). The van der Waals surface area contributed by atoms with Gasteiger partial charge in [-0.05, 0) is 74.8 Å². The van der Waals surface area contributed by atoms with Gasteiger partial charge in [0.2, 0.25) is 0 Å². The van der Waals surface area contributed by atoms with Gasteiger partial charge in [0.1, 0.15) is 5.82 Å². The molecule has 1 aliphatic carbocycles. The smallest absolute Gasteiger partial charge is 0.372 e. The van der Waals surface area contributed by atoms with Crippen LogP contribution in [0, 0.1) is 11.7 Å². The minimum absolute atomic E-state index is 0.0427. The lowest BCUT2D eigenvalue weighted by atomic mass is 9.82. The summed E-state index contributed by atoms with van der Waals surface area (Å²) in [6.07, 6.45) is 5.57. The van der Waals surface area contributed by atoms with Crippen LogP contribution in [0.15, 0.2) is 42.6 Å². The third-order valence-electron chi connectivity index (χ3n) is 6.81. The third-order valence-corrected chi connectivity index (χ3v) is 7.40. The van der Waals surface area contributed by atoms with Crippen LogP contribution in [-0.4, -0.2) is 50.0 Å². The van der Waals surface area contributed by atoms with E-state index in [4.69, 9.17) is 4.74 Å². The molecule has 2 unspecified atom stereocenters. The van der Waals surface area contributed by atoms with Crippen molar-refractivity contribution in [2.75, 3.05) is 18.1 Å². The van der Waals surface area contributed by atoms with Crippen molar-refractivity contribution in [3.8, 4) is 0 Å². The lowest BCUT2D eigenvalue weighted by Gasteiger charge is -2.43. The molecule has 7 nitrogen and oxygen atoms in total. The van der Waals surface area contributed by atoms with Crippen LogP contribution in [-0.2, 0) is 15.1 Å². The second-order valence-corrected chi connectivity index (χ2v) is 10.2. The maximum absolute atomic E-state index is 13.5. The zero-order valence-corrected chi connectivity index (χ0v) is 19.4. The van der Waals surface area contributed by atoms with Crippen LogP contribution >= 0.6 is 0 Å². The number of hydrogen-bond donors (Lipinski definition) is 1. The average molecular weight is 481 g/mol.